The van der Waals surface area contributed by atoms with Crippen molar-refractivity contribution in [2.45, 2.75) is 38.0 Å². The number of aryl methyl sites for hydroxylation is 1. The fraction of sp³-hybridized carbons (Fsp3) is 0.571. The van der Waals surface area contributed by atoms with E-state index in [1.165, 1.54) is 32.1 Å². The van der Waals surface area contributed by atoms with E-state index in [0.29, 0.717) is 0 Å². The second-order valence-electron chi connectivity index (χ2n) is 4.53. The Morgan fingerprint density at radius 1 is 1.20 bits per heavy atom. The Morgan fingerprint density at radius 3 is 2.73 bits per heavy atom. The van der Waals surface area contributed by atoms with E-state index in [4.69, 9.17) is 0 Å². The van der Waals surface area contributed by atoms with E-state index in [-0.39, 0.29) is 0 Å². The number of hydrogen-bond donors (Lipinski definition) is 1. The molecule has 0 aliphatic heterocycles. The summed E-state index contributed by atoms with van der Waals surface area (Å²) in [6.45, 7) is 1.14. The third-order valence-electron chi connectivity index (χ3n) is 3.20. The van der Waals surface area contributed by atoms with E-state index in [0.717, 1.165) is 12.5 Å². The molecule has 0 spiro atoms. The van der Waals surface area contributed by atoms with Gasteiger partial charge in [-0.05, 0) is 62.7 Å². The van der Waals surface area contributed by atoms with Crippen LogP contribution in [0.15, 0.2) is 24.3 Å². The monoisotopic (exact) mass is 203 g/mol. The Labute approximate surface area is 92.9 Å². The molecule has 1 aliphatic rings. The summed E-state index contributed by atoms with van der Waals surface area (Å²) in [6, 6.07) is 9.00. The Bertz CT molecular complexity index is 302. The zero-order chi connectivity index (χ0) is 10.5. The molecule has 0 unspecified atom stereocenters. The van der Waals surface area contributed by atoms with Gasteiger partial charge in [-0.2, -0.15) is 0 Å². The molecule has 1 nitrogen and oxygen atoms in total. The Balaban J connectivity index is 1.89. The van der Waals surface area contributed by atoms with Crippen LogP contribution in [0.2, 0.25) is 0 Å². The first-order valence-electron chi connectivity index (χ1n) is 6.14. The summed E-state index contributed by atoms with van der Waals surface area (Å²) >= 11 is 0. The normalized spacial score (nSPS) is 15.5. The van der Waals surface area contributed by atoms with Crippen LogP contribution in [-0.2, 0) is 6.42 Å². The summed E-state index contributed by atoms with van der Waals surface area (Å²) in [6.07, 6.45) is 6.68. The molecule has 0 heterocycles. The molecule has 0 amide bonds. The fourth-order valence-electron chi connectivity index (χ4n) is 2.17. The van der Waals surface area contributed by atoms with Crippen molar-refractivity contribution < 1.29 is 0 Å². The largest absolute Gasteiger partial charge is 0.320 e. The van der Waals surface area contributed by atoms with Crippen LogP contribution in [0.1, 0.15) is 42.7 Å². The van der Waals surface area contributed by atoms with Gasteiger partial charge in [-0.3, -0.25) is 0 Å². The minimum absolute atomic E-state index is 0.894. The van der Waals surface area contributed by atoms with Crippen LogP contribution >= 0.6 is 0 Å². The number of benzene rings is 1. The lowest BCUT2D eigenvalue weighted by Crippen LogP contribution is -2.07. The van der Waals surface area contributed by atoms with Gasteiger partial charge in [0, 0.05) is 0 Å². The summed E-state index contributed by atoms with van der Waals surface area (Å²) in [5.74, 6) is 0.894. The number of unbranched alkanes of at least 4 members (excludes halogenated alkanes) is 1. The molecule has 1 heteroatoms. The van der Waals surface area contributed by atoms with Crippen molar-refractivity contribution in [3.05, 3.63) is 35.4 Å². The number of nitrogens with one attached hydrogen (secondary N) is 1. The lowest BCUT2D eigenvalue weighted by molar-refractivity contribution is 0.675. The maximum absolute atomic E-state index is 3.20. The molecule has 15 heavy (non-hydrogen) atoms. The Kier molecular flexibility index (Phi) is 3.79. The maximum Gasteiger partial charge on any atom is -0.00518 e. The highest BCUT2D eigenvalue weighted by Gasteiger charge is 2.25. The van der Waals surface area contributed by atoms with E-state index >= 15 is 0 Å². The van der Waals surface area contributed by atoms with Gasteiger partial charge in [-0.1, -0.05) is 24.3 Å². The minimum Gasteiger partial charge on any atom is -0.320 e. The molecule has 0 radical (unpaired) electrons. The molecule has 0 atom stereocenters. The Morgan fingerprint density at radius 2 is 2.00 bits per heavy atom. The molecule has 1 aliphatic carbocycles. The molecule has 1 N–H and O–H groups in total. The predicted octanol–water partition coefficient (Wildman–Crippen LogP) is 3.11. The highest BCUT2D eigenvalue weighted by atomic mass is 14.8. The van der Waals surface area contributed by atoms with Crippen LogP contribution in [0.25, 0.3) is 0 Å². The van der Waals surface area contributed by atoms with Gasteiger partial charge < -0.3 is 5.32 Å². The molecule has 0 aromatic heterocycles. The zero-order valence-electron chi connectivity index (χ0n) is 9.63. The molecule has 82 valence electrons. The van der Waals surface area contributed by atoms with E-state index in [9.17, 15) is 0 Å². The van der Waals surface area contributed by atoms with Crippen LogP contribution in [0.5, 0.6) is 0 Å². The van der Waals surface area contributed by atoms with Crippen LogP contribution in [-0.4, -0.2) is 13.6 Å². The molecule has 1 aromatic rings. The lowest BCUT2D eigenvalue weighted by Gasteiger charge is -2.08. The predicted molar refractivity (Wildman–Crippen MR) is 65.3 cm³/mol. The summed E-state index contributed by atoms with van der Waals surface area (Å²) in [4.78, 5) is 0. The summed E-state index contributed by atoms with van der Waals surface area (Å²) in [5, 5.41) is 3.20. The second kappa shape index (κ2) is 5.32. The van der Waals surface area contributed by atoms with Gasteiger partial charge in [0.2, 0.25) is 0 Å². The van der Waals surface area contributed by atoms with Gasteiger partial charge in [0.05, 0.1) is 0 Å². The van der Waals surface area contributed by atoms with Gasteiger partial charge in [0.15, 0.2) is 0 Å². The van der Waals surface area contributed by atoms with Crippen molar-refractivity contribution in [2.24, 2.45) is 0 Å². The molecule has 1 fully saturated rings. The van der Waals surface area contributed by atoms with Gasteiger partial charge >= 0.3 is 0 Å². The molecule has 1 saturated carbocycles. The van der Waals surface area contributed by atoms with Crippen molar-refractivity contribution in [1.82, 2.24) is 5.32 Å². The summed E-state index contributed by atoms with van der Waals surface area (Å²) < 4.78 is 0. The van der Waals surface area contributed by atoms with Crippen molar-refractivity contribution >= 4 is 0 Å². The quantitative estimate of drug-likeness (QED) is 0.700. The summed E-state index contributed by atoms with van der Waals surface area (Å²) in [7, 11) is 2.03. The van der Waals surface area contributed by atoms with Crippen molar-refractivity contribution in [2.75, 3.05) is 13.6 Å². The molecule has 1 aromatic carbocycles. The van der Waals surface area contributed by atoms with Gasteiger partial charge in [0.25, 0.3) is 0 Å². The number of hydrogen-bond acceptors (Lipinski definition) is 1. The van der Waals surface area contributed by atoms with E-state index < -0.39 is 0 Å². The zero-order valence-corrected chi connectivity index (χ0v) is 9.63. The molecular weight excluding hydrogens is 182 g/mol. The van der Waals surface area contributed by atoms with Crippen LogP contribution in [0, 0.1) is 0 Å². The maximum atomic E-state index is 3.20. The minimum atomic E-state index is 0.894. The molecule has 0 saturated heterocycles. The van der Waals surface area contributed by atoms with Crippen LogP contribution in [0.4, 0.5) is 0 Å². The van der Waals surface area contributed by atoms with E-state index in [2.05, 4.69) is 29.6 Å². The first-order valence-corrected chi connectivity index (χ1v) is 6.14. The lowest BCUT2D eigenvalue weighted by atomic mass is 9.99. The third-order valence-corrected chi connectivity index (χ3v) is 3.20. The first-order chi connectivity index (χ1) is 7.42. The fourth-order valence-corrected chi connectivity index (χ4v) is 2.17. The van der Waals surface area contributed by atoms with Crippen LogP contribution < -0.4 is 5.32 Å². The van der Waals surface area contributed by atoms with Gasteiger partial charge in [-0.15, -0.1) is 0 Å². The average molecular weight is 203 g/mol. The molecule has 0 bridgehead atoms. The van der Waals surface area contributed by atoms with Crippen molar-refractivity contribution in [1.29, 1.82) is 0 Å². The standard InChI is InChI=1S/C14H21N/c1-15-11-5-4-7-12-6-2-3-8-14(12)13-9-10-13/h2-3,6,8,13,15H,4-5,7,9-11H2,1H3. The highest BCUT2D eigenvalue weighted by Crippen LogP contribution is 2.41. The number of rotatable bonds is 6. The summed E-state index contributed by atoms with van der Waals surface area (Å²) in [5.41, 5.74) is 3.22. The smallest absolute Gasteiger partial charge is 0.00518 e. The SMILES string of the molecule is CNCCCCc1ccccc1C1CC1. The van der Waals surface area contributed by atoms with Crippen molar-refractivity contribution in [3.63, 3.8) is 0 Å². The van der Waals surface area contributed by atoms with Crippen LogP contribution in [0.3, 0.4) is 0 Å². The van der Waals surface area contributed by atoms with E-state index in [1.54, 1.807) is 11.1 Å². The second-order valence-corrected chi connectivity index (χ2v) is 4.53. The molecule has 2 rings (SSSR count). The Hall–Kier alpha value is -0.820. The van der Waals surface area contributed by atoms with Crippen molar-refractivity contribution in [3.8, 4) is 0 Å². The third kappa shape index (κ3) is 3.07. The topological polar surface area (TPSA) is 12.0 Å². The first kappa shape index (κ1) is 10.7. The van der Waals surface area contributed by atoms with Gasteiger partial charge in [0.1, 0.15) is 0 Å². The molecular formula is C14H21N. The average Bonchev–Trinajstić information content (AvgIpc) is 3.09. The highest BCUT2D eigenvalue weighted by molar-refractivity contribution is 5.33. The van der Waals surface area contributed by atoms with Gasteiger partial charge in [-0.25, -0.2) is 0 Å². The van der Waals surface area contributed by atoms with E-state index in [1.807, 2.05) is 7.05 Å².